The maximum atomic E-state index is 5.74. The van der Waals surface area contributed by atoms with Crippen LogP contribution in [0.1, 0.15) is 46.6 Å². The van der Waals surface area contributed by atoms with Crippen LogP contribution in [0.5, 0.6) is 11.5 Å². The predicted molar refractivity (Wildman–Crippen MR) is 87.7 cm³/mol. The topological polar surface area (TPSA) is 30.5 Å². The Morgan fingerprint density at radius 3 is 2.30 bits per heavy atom. The average Bonchev–Trinajstić information content (AvgIpc) is 2.36. The lowest BCUT2D eigenvalue weighted by Crippen LogP contribution is -2.35. The van der Waals surface area contributed by atoms with Gasteiger partial charge < -0.3 is 14.8 Å². The fraction of sp³-hybridized carbons (Fsp3) is 0.625. The molecule has 0 atom stereocenters. The molecule has 4 heteroatoms. The third-order valence-corrected chi connectivity index (χ3v) is 3.42. The predicted octanol–water partition coefficient (Wildman–Crippen LogP) is 4.52. The maximum Gasteiger partial charge on any atom is 0.162 e. The number of halogens is 1. The molecule has 0 aromatic heterocycles. The number of nitrogens with one attached hydrogen (secondary N) is 1. The van der Waals surface area contributed by atoms with Crippen LogP contribution in [-0.4, -0.2) is 18.8 Å². The minimum absolute atomic E-state index is 0.0859. The van der Waals surface area contributed by atoms with E-state index in [4.69, 9.17) is 9.47 Å². The summed E-state index contributed by atoms with van der Waals surface area (Å²) >= 11 is 3.62. The standard InChI is InChI=1S/C16H26BrNO2/c1-6-8-20-15-10-13(17)12(9-14(15)19-7-2)11-18-16(3,4)5/h9-10,18H,6-8,11H2,1-5H3. The summed E-state index contributed by atoms with van der Waals surface area (Å²) in [4.78, 5) is 0. The van der Waals surface area contributed by atoms with Gasteiger partial charge in [-0.25, -0.2) is 0 Å². The zero-order chi connectivity index (χ0) is 15.2. The van der Waals surface area contributed by atoms with Crippen LogP contribution in [-0.2, 0) is 6.54 Å². The van der Waals surface area contributed by atoms with Crippen LogP contribution in [0.25, 0.3) is 0 Å². The largest absolute Gasteiger partial charge is 0.490 e. The molecule has 114 valence electrons. The molecule has 0 heterocycles. The van der Waals surface area contributed by atoms with Crippen LogP contribution in [0.15, 0.2) is 16.6 Å². The van der Waals surface area contributed by atoms with Crippen molar-refractivity contribution in [2.24, 2.45) is 0 Å². The maximum absolute atomic E-state index is 5.74. The number of benzene rings is 1. The highest BCUT2D eigenvalue weighted by Gasteiger charge is 2.14. The van der Waals surface area contributed by atoms with Gasteiger partial charge in [-0.05, 0) is 51.8 Å². The second-order valence-electron chi connectivity index (χ2n) is 5.78. The van der Waals surface area contributed by atoms with Crippen LogP contribution in [0, 0.1) is 0 Å². The molecule has 1 aromatic rings. The highest BCUT2D eigenvalue weighted by Crippen LogP contribution is 2.34. The zero-order valence-corrected chi connectivity index (χ0v) is 14.8. The quantitative estimate of drug-likeness (QED) is 0.789. The molecule has 0 unspecified atom stereocenters. The Balaban J connectivity index is 2.93. The molecule has 1 aromatic carbocycles. The molecule has 1 N–H and O–H groups in total. The van der Waals surface area contributed by atoms with Crippen molar-refractivity contribution in [2.75, 3.05) is 13.2 Å². The molecule has 0 bridgehead atoms. The van der Waals surface area contributed by atoms with Gasteiger partial charge in [-0.2, -0.15) is 0 Å². The van der Waals surface area contributed by atoms with Crippen molar-refractivity contribution in [1.82, 2.24) is 5.32 Å². The van der Waals surface area contributed by atoms with Crippen molar-refractivity contribution in [3.63, 3.8) is 0 Å². The molecule has 0 aliphatic rings. The average molecular weight is 344 g/mol. The van der Waals surface area contributed by atoms with Crippen molar-refractivity contribution in [1.29, 1.82) is 0 Å². The van der Waals surface area contributed by atoms with Gasteiger partial charge in [-0.3, -0.25) is 0 Å². The fourth-order valence-corrected chi connectivity index (χ4v) is 2.13. The Labute approximate surface area is 131 Å². The summed E-state index contributed by atoms with van der Waals surface area (Å²) in [5.74, 6) is 1.62. The summed E-state index contributed by atoms with van der Waals surface area (Å²) < 4.78 is 12.5. The molecular formula is C16H26BrNO2. The van der Waals surface area contributed by atoms with E-state index in [9.17, 15) is 0 Å². The van der Waals surface area contributed by atoms with Crippen molar-refractivity contribution in [2.45, 2.75) is 53.1 Å². The molecule has 0 spiro atoms. The highest BCUT2D eigenvalue weighted by molar-refractivity contribution is 9.10. The van der Waals surface area contributed by atoms with Gasteiger partial charge in [0.2, 0.25) is 0 Å². The van der Waals surface area contributed by atoms with E-state index in [-0.39, 0.29) is 5.54 Å². The molecule has 0 saturated heterocycles. The smallest absolute Gasteiger partial charge is 0.162 e. The second kappa shape index (κ2) is 7.89. The molecule has 0 fully saturated rings. The Bertz CT molecular complexity index is 427. The molecule has 0 amide bonds. The van der Waals surface area contributed by atoms with Crippen LogP contribution < -0.4 is 14.8 Å². The van der Waals surface area contributed by atoms with Gasteiger partial charge in [-0.1, -0.05) is 22.9 Å². The molecule has 20 heavy (non-hydrogen) atoms. The first-order valence-electron chi connectivity index (χ1n) is 7.20. The van der Waals surface area contributed by atoms with Crippen LogP contribution in [0.3, 0.4) is 0 Å². The Morgan fingerprint density at radius 2 is 1.75 bits per heavy atom. The normalized spacial score (nSPS) is 11.5. The van der Waals surface area contributed by atoms with Crippen molar-refractivity contribution >= 4 is 15.9 Å². The minimum Gasteiger partial charge on any atom is -0.490 e. The van der Waals surface area contributed by atoms with Gasteiger partial charge in [0.1, 0.15) is 0 Å². The number of hydrogen-bond acceptors (Lipinski definition) is 3. The third-order valence-electron chi connectivity index (χ3n) is 2.68. The SMILES string of the molecule is CCCOc1cc(Br)c(CNC(C)(C)C)cc1OCC. The summed E-state index contributed by atoms with van der Waals surface area (Å²) in [6.45, 7) is 12.7. The molecule has 0 saturated carbocycles. The first kappa shape index (κ1) is 17.3. The number of hydrogen-bond donors (Lipinski definition) is 1. The van der Waals surface area contributed by atoms with Gasteiger partial charge in [0.25, 0.3) is 0 Å². The van der Waals surface area contributed by atoms with Gasteiger partial charge in [0.15, 0.2) is 11.5 Å². The lowest BCUT2D eigenvalue weighted by atomic mass is 10.1. The van der Waals surface area contributed by atoms with Crippen molar-refractivity contribution in [3.8, 4) is 11.5 Å². The van der Waals surface area contributed by atoms with Crippen molar-refractivity contribution < 1.29 is 9.47 Å². The van der Waals surface area contributed by atoms with E-state index < -0.39 is 0 Å². The minimum atomic E-state index is 0.0859. The fourth-order valence-electron chi connectivity index (χ4n) is 1.67. The van der Waals surface area contributed by atoms with Gasteiger partial charge in [-0.15, -0.1) is 0 Å². The van der Waals surface area contributed by atoms with E-state index >= 15 is 0 Å². The molecule has 3 nitrogen and oxygen atoms in total. The van der Waals surface area contributed by atoms with E-state index in [2.05, 4.69) is 55.0 Å². The van der Waals surface area contributed by atoms with E-state index in [1.165, 1.54) is 5.56 Å². The molecule has 0 aliphatic heterocycles. The lowest BCUT2D eigenvalue weighted by molar-refractivity contribution is 0.276. The molecule has 0 radical (unpaired) electrons. The van der Waals surface area contributed by atoms with E-state index in [1.807, 2.05) is 13.0 Å². The molecule has 1 rings (SSSR count). The highest BCUT2D eigenvalue weighted by atomic mass is 79.9. The summed E-state index contributed by atoms with van der Waals surface area (Å²) in [6.07, 6.45) is 0.983. The first-order valence-corrected chi connectivity index (χ1v) is 7.99. The Morgan fingerprint density at radius 1 is 1.10 bits per heavy atom. The first-order chi connectivity index (χ1) is 9.37. The van der Waals surface area contributed by atoms with Crippen LogP contribution >= 0.6 is 15.9 Å². The summed E-state index contributed by atoms with van der Waals surface area (Å²) in [6, 6.07) is 4.05. The van der Waals surface area contributed by atoms with Gasteiger partial charge in [0.05, 0.1) is 13.2 Å². The van der Waals surface area contributed by atoms with Crippen molar-refractivity contribution in [3.05, 3.63) is 22.2 Å². The summed E-state index contributed by atoms with van der Waals surface area (Å²) in [5, 5.41) is 3.48. The Kier molecular flexibility index (Phi) is 6.83. The third kappa shape index (κ3) is 5.71. The summed E-state index contributed by atoms with van der Waals surface area (Å²) in [7, 11) is 0. The van der Waals surface area contributed by atoms with E-state index in [0.717, 1.165) is 28.9 Å². The zero-order valence-electron chi connectivity index (χ0n) is 13.2. The molecule has 0 aliphatic carbocycles. The Hall–Kier alpha value is -0.740. The monoisotopic (exact) mass is 343 g/mol. The lowest BCUT2D eigenvalue weighted by Gasteiger charge is -2.22. The number of ether oxygens (including phenoxy) is 2. The second-order valence-corrected chi connectivity index (χ2v) is 6.63. The van der Waals surface area contributed by atoms with Gasteiger partial charge >= 0.3 is 0 Å². The van der Waals surface area contributed by atoms with E-state index in [0.29, 0.717) is 13.2 Å². The van der Waals surface area contributed by atoms with Crippen LogP contribution in [0.4, 0.5) is 0 Å². The van der Waals surface area contributed by atoms with E-state index in [1.54, 1.807) is 0 Å². The van der Waals surface area contributed by atoms with Crippen LogP contribution in [0.2, 0.25) is 0 Å². The number of rotatable bonds is 7. The van der Waals surface area contributed by atoms with Gasteiger partial charge in [0, 0.05) is 16.6 Å². The summed E-state index contributed by atoms with van der Waals surface area (Å²) in [5.41, 5.74) is 1.26. The molecular weight excluding hydrogens is 318 g/mol.